The van der Waals surface area contributed by atoms with Gasteiger partial charge in [0.15, 0.2) is 6.61 Å². The highest BCUT2D eigenvalue weighted by atomic mass is 16.5. The van der Waals surface area contributed by atoms with Crippen molar-refractivity contribution in [2.24, 2.45) is 0 Å². The summed E-state index contributed by atoms with van der Waals surface area (Å²) in [6, 6.07) is 5.66. The van der Waals surface area contributed by atoms with Gasteiger partial charge in [-0.1, -0.05) is 0 Å². The lowest BCUT2D eigenvalue weighted by molar-refractivity contribution is -0.121. The van der Waals surface area contributed by atoms with E-state index in [2.05, 4.69) is 5.32 Å². The molecule has 1 fully saturated rings. The monoisotopic (exact) mass is 247 g/mol. The number of anilines is 2. The lowest BCUT2D eigenvalue weighted by atomic mass is 10.0. The lowest BCUT2D eigenvalue weighted by Crippen LogP contribution is -2.52. The standard InChI is InChI=1S/C13H17N3O2/c14-9-3-4-12-11(6-9)16(13(17)8-18-12)10-2-1-5-15-7-10/h3-4,6,10,15H,1-2,5,7-8,14H2. The minimum atomic E-state index is 0.0156. The van der Waals surface area contributed by atoms with Gasteiger partial charge < -0.3 is 20.7 Å². The van der Waals surface area contributed by atoms with Gasteiger partial charge in [-0.15, -0.1) is 0 Å². The van der Waals surface area contributed by atoms with Crippen LogP contribution in [0.1, 0.15) is 12.8 Å². The highest BCUT2D eigenvalue weighted by Gasteiger charge is 2.32. The van der Waals surface area contributed by atoms with Gasteiger partial charge in [0.05, 0.1) is 5.69 Å². The van der Waals surface area contributed by atoms with Gasteiger partial charge in [0.2, 0.25) is 0 Å². The first-order valence-corrected chi connectivity index (χ1v) is 6.31. The summed E-state index contributed by atoms with van der Waals surface area (Å²) >= 11 is 0. The molecule has 18 heavy (non-hydrogen) atoms. The van der Waals surface area contributed by atoms with Gasteiger partial charge in [0.25, 0.3) is 5.91 Å². The topological polar surface area (TPSA) is 67.6 Å². The van der Waals surface area contributed by atoms with E-state index in [0.29, 0.717) is 5.69 Å². The molecule has 0 aliphatic carbocycles. The summed E-state index contributed by atoms with van der Waals surface area (Å²) in [7, 11) is 0. The molecular weight excluding hydrogens is 230 g/mol. The van der Waals surface area contributed by atoms with Crippen molar-refractivity contribution in [1.29, 1.82) is 0 Å². The number of hydrogen-bond donors (Lipinski definition) is 2. The van der Waals surface area contributed by atoms with Crippen molar-refractivity contribution in [2.45, 2.75) is 18.9 Å². The molecule has 0 bridgehead atoms. The molecule has 2 aliphatic heterocycles. The molecule has 0 saturated carbocycles. The smallest absolute Gasteiger partial charge is 0.265 e. The van der Waals surface area contributed by atoms with Crippen LogP contribution in [0.25, 0.3) is 0 Å². The maximum Gasteiger partial charge on any atom is 0.265 e. The normalized spacial score (nSPS) is 23.4. The second kappa shape index (κ2) is 4.49. The van der Waals surface area contributed by atoms with Crippen LogP contribution in [0, 0.1) is 0 Å². The molecule has 1 atom stereocenters. The van der Waals surface area contributed by atoms with E-state index in [9.17, 15) is 4.79 Å². The molecule has 0 spiro atoms. The number of carbonyl (C=O) groups is 1. The molecule has 3 N–H and O–H groups in total. The minimum absolute atomic E-state index is 0.0156. The van der Waals surface area contributed by atoms with Crippen LogP contribution in [-0.4, -0.2) is 31.6 Å². The zero-order valence-electron chi connectivity index (χ0n) is 10.2. The molecule has 5 heteroatoms. The van der Waals surface area contributed by atoms with Crippen molar-refractivity contribution in [2.75, 3.05) is 30.3 Å². The Balaban J connectivity index is 1.97. The Morgan fingerprint density at radius 2 is 2.33 bits per heavy atom. The van der Waals surface area contributed by atoms with Gasteiger partial charge in [-0.05, 0) is 37.6 Å². The summed E-state index contributed by atoms with van der Waals surface area (Å²) in [6.45, 7) is 1.98. The molecule has 2 heterocycles. The van der Waals surface area contributed by atoms with Crippen LogP contribution in [0.5, 0.6) is 5.75 Å². The van der Waals surface area contributed by atoms with Crippen LogP contribution in [-0.2, 0) is 4.79 Å². The highest BCUT2D eigenvalue weighted by Crippen LogP contribution is 2.35. The highest BCUT2D eigenvalue weighted by molar-refractivity contribution is 5.99. The van der Waals surface area contributed by atoms with Crippen molar-refractivity contribution in [1.82, 2.24) is 5.32 Å². The third-order valence-corrected chi connectivity index (χ3v) is 3.50. The Hall–Kier alpha value is -1.75. The van der Waals surface area contributed by atoms with Crippen LogP contribution in [0.15, 0.2) is 18.2 Å². The van der Waals surface area contributed by atoms with Crippen molar-refractivity contribution in [3.8, 4) is 5.75 Å². The first kappa shape index (κ1) is 11.3. The Labute approximate surface area is 106 Å². The van der Waals surface area contributed by atoms with Crippen LogP contribution < -0.4 is 20.7 Å². The molecule has 0 radical (unpaired) electrons. The Kier molecular flexibility index (Phi) is 2.83. The summed E-state index contributed by atoms with van der Waals surface area (Å²) < 4.78 is 5.44. The maximum absolute atomic E-state index is 12.1. The van der Waals surface area contributed by atoms with Gasteiger partial charge in [-0.3, -0.25) is 4.79 Å². The first-order chi connectivity index (χ1) is 8.75. The lowest BCUT2D eigenvalue weighted by Gasteiger charge is -2.38. The fourth-order valence-electron chi connectivity index (χ4n) is 2.64. The van der Waals surface area contributed by atoms with Crippen molar-refractivity contribution in [3.63, 3.8) is 0 Å². The molecule has 0 aromatic heterocycles. The number of fused-ring (bicyclic) bond motifs is 1. The molecule has 96 valence electrons. The Morgan fingerprint density at radius 3 is 3.11 bits per heavy atom. The fourth-order valence-corrected chi connectivity index (χ4v) is 2.64. The predicted octanol–water partition coefficient (Wildman–Crippen LogP) is 0.746. The predicted molar refractivity (Wildman–Crippen MR) is 69.7 cm³/mol. The second-order valence-corrected chi connectivity index (χ2v) is 4.78. The number of nitrogen functional groups attached to an aromatic ring is 1. The molecule has 1 saturated heterocycles. The number of carbonyl (C=O) groups excluding carboxylic acids is 1. The van der Waals surface area contributed by atoms with E-state index in [1.54, 1.807) is 6.07 Å². The van der Waals surface area contributed by atoms with E-state index in [1.807, 2.05) is 17.0 Å². The van der Waals surface area contributed by atoms with Crippen LogP contribution in [0.2, 0.25) is 0 Å². The van der Waals surface area contributed by atoms with E-state index in [-0.39, 0.29) is 18.6 Å². The van der Waals surface area contributed by atoms with Gasteiger partial charge in [-0.2, -0.15) is 0 Å². The molecule has 5 nitrogen and oxygen atoms in total. The number of rotatable bonds is 1. The van der Waals surface area contributed by atoms with Crippen LogP contribution in [0.3, 0.4) is 0 Å². The number of hydrogen-bond acceptors (Lipinski definition) is 4. The third-order valence-electron chi connectivity index (χ3n) is 3.50. The first-order valence-electron chi connectivity index (χ1n) is 6.31. The van der Waals surface area contributed by atoms with E-state index in [4.69, 9.17) is 10.5 Å². The molecule has 1 amide bonds. The van der Waals surface area contributed by atoms with E-state index in [1.165, 1.54) is 0 Å². The quantitative estimate of drug-likeness (QED) is 0.718. The fraction of sp³-hybridized carbons (Fsp3) is 0.462. The summed E-state index contributed by atoms with van der Waals surface area (Å²) in [5, 5.41) is 3.33. The van der Waals surface area contributed by atoms with Crippen molar-refractivity contribution >= 4 is 17.3 Å². The number of amides is 1. The molecule has 2 aliphatic rings. The summed E-state index contributed by atoms with van der Waals surface area (Å²) in [6.07, 6.45) is 2.11. The number of nitrogens with one attached hydrogen (secondary N) is 1. The number of nitrogens with zero attached hydrogens (tertiary/aromatic N) is 1. The number of benzene rings is 1. The number of piperidine rings is 1. The molecule has 1 aromatic carbocycles. The van der Waals surface area contributed by atoms with E-state index in [0.717, 1.165) is 37.4 Å². The Bertz CT molecular complexity index is 469. The summed E-state index contributed by atoms with van der Waals surface area (Å²) in [5.74, 6) is 0.760. The third kappa shape index (κ3) is 1.90. The average Bonchev–Trinajstić information content (AvgIpc) is 2.39. The van der Waals surface area contributed by atoms with Crippen molar-refractivity contribution < 1.29 is 9.53 Å². The number of ether oxygens (including phenoxy) is 1. The summed E-state index contributed by atoms with van der Waals surface area (Å²) in [5.41, 5.74) is 7.27. The molecule has 1 unspecified atom stereocenters. The number of nitrogens with two attached hydrogens (primary N) is 1. The van der Waals surface area contributed by atoms with E-state index >= 15 is 0 Å². The second-order valence-electron chi connectivity index (χ2n) is 4.78. The van der Waals surface area contributed by atoms with Gasteiger partial charge >= 0.3 is 0 Å². The summed E-state index contributed by atoms with van der Waals surface area (Å²) in [4.78, 5) is 13.9. The van der Waals surface area contributed by atoms with Crippen molar-refractivity contribution in [3.05, 3.63) is 18.2 Å². The maximum atomic E-state index is 12.1. The molecular formula is C13H17N3O2. The Morgan fingerprint density at radius 1 is 1.44 bits per heavy atom. The van der Waals surface area contributed by atoms with Crippen LogP contribution in [0.4, 0.5) is 11.4 Å². The average molecular weight is 247 g/mol. The van der Waals surface area contributed by atoms with Gasteiger partial charge in [-0.25, -0.2) is 0 Å². The molecule has 3 rings (SSSR count). The largest absolute Gasteiger partial charge is 0.482 e. The van der Waals surface area contributed by atoms with Gasteiger partial charge in [0.1, 0.15) is 5.75 Å². The zero-order chi connectivity index (χ0) is 12.5. The zero-order valence-corrected chi connectivity index (χ0v) is 10.2. The van der Waals surface area contributed by atoms with Gasteiger partial charge in [0, 0.05) is 18.3 Å². The SMILES string of the molecule is Nc1ccc2c(c1)N(C1CCCNC1)C(=O)CO2. The molecule has 1 aromatic rings. The van der Waals surface area contributed by atoms with E-state index < -0.39 is 0 Å². The van der Waals surface area contributed by atoms with Crippen LogP contribution >= 0.6 is 0 Å². The minimum Gasteiger partial charge on any atom is -0.482 e.